The Kier molecular flexibility index (Phi) is 2.43. The molecule has 14 heavy (non-hydrogen) atoms. The van der Waals surface area contributed by atoms with E-state index in [2.05, 4.69) is 0 Å². The molecule has 0 spiro atoms. The van der Waals surface area contributed by atoms with Crippen LogP contribution in [0.15, 0.2) is 0 Å². The number of hydrogen-bond acceptors (Lipinski definition) is 4. The molecule has 5 heteroatoms. The molecule has 0 aromatic carbocycles. The van der Waals surface area contributed by atoms with Gasteiger partial charge in [0.15, 0.2) is 10.5 Å². The Hall–Kier alpha value is -0.710. The zero-order valence-electron chi connectivity index (χ0n) is 8.19. The minimum absolute atomic E-state index is 0.0626. The van der Waals surface area contributed by atoms with Crippen LogP contribution in [0.4, 0.5) is 4.79 Å². The topological polar surface area (TPSA) is 52.6 Å². The van der Waals surface area contributed by atoms with Crippen molar-refractivity contribution >= 4 is 22.2 Å². The normalized spacial score (nSPS) is 38.7. The van der Waals surface area contributed by atoms with Crippen LogP contribution in [0, 0.1) is 5.92 Å². The Bertz CT molecular complexity index is 278. The molecule has 1 saturated heterocycles. The molecule has 2 rings (SSSR count). The minimum atomic E-state index is -0.320. The molecule has 1 aliphatic heterocycles. The summed E-state index contributed by atoms with van der Waals surface area (Å²) in [6.45, 7) is 0. The van der Waals surface area contributed by atoms with Crippen LogP contribution < -0.4 is 0 Å². The van der Waals surface area contributed by atoms with Gasteiger partial charge in [0.25, 0.3) is 0 Å². The number of carbonyl (C=O) groups is 2. The van der Waals surface area contributed by atoms with Crippen molar-refractivity contribution in [1.82, 2.24) is 0 Å². The van der Waals surface area contributed by atoms with E-state index in [0.29, 0.717) is 5.25 Å². The molecule has 1 saturated carbocycles. The number of fused-ring (bicyclic) bond motifs is 1. The van der Waals surface area contributed by atoms with Gasteiger partial charge < -0.3 is 9.47 Å². The SMILES string of the molecule is COC(=O)C1CCC2C1[S+]2C(=O)OC. The average Bonchev–Trinajstić information content (AvgIpc) is 2.77. The molecule has 4 atom stereocenters. The lowest BCUT2D eigenvalue weighted by Crippen LogP contribution is -2.22. The van der Waals surface area contributed by atoms with Crippen LogP contribution in [0.3, 0.4) is 0 Å². The second-order valence-corrected chi connectivity index (χ2v) is 5.76. The standard InChI is InChI=1S/C9H13O4S/c1-12-8(10)5-3-4-6-7(5)14(6)9(11)13-2/h5-7H,3-4H2,1-2H3/q+1. The van der Waals surface area contributed by atoms with Crippen molar-refractivity contribution in [2.24, 2.45) is 5.92 Å². The van der Waals surface area contributed by atoms with E-state index in [1.807, 2.05) is 0 Å². The molecule has 1 heterocycles. The summed E-state index contributed by atoms with van der Waals surface area (Å²) in [6, 6.07) is 0. The van der Waals surface area contributed by atoms with Gasteiger partial charge >= 0.3 is 11.3 Å². The first-order valence-corrected chi connectivity index (χ1v) is 5.93. The summed E-state index contributed by atoms with van der Waals surface area (Å²) in [5.41, 5.74) is 0. The molecule has 4 nitrogen and oxygen atoms in total. The molecule has 0 aromatic heterocycles. The van der Waals surface area contributed by atoms with Crippen molar-refractivity contribution < 1.29 is 19.1 Å². The summed E-state index contributed by atoms with van der Waals surface area (Å²) in [5, 5.41) is 0.468. The van der Waals surface area contributed by atoms with E-state index in [1.54, 1.807) is 0 Å². The molecule has 0 amide bonds. The van der Waals surface area contributed by atoms with E-state index >= 15 is 0 Å². The Balaban J connectivity index is 2.00. The second kappa shape index (κ2) is 3.46. The van der Waals surface area contributed by atoms with Crippen molar-refractivity contribution in [3.05, 3.63) is 0 Å². The van der Waals surface area contributed by atoms with Gasteiger partial charge in [0, 0.05) is 6.42 Å². The lowest BCUT2D eigenvalue weighted by Gasteiger charge is -2.05. The van der Waals surface area contributed by atoms with Gasteiger partial charge in [-0.1, -0.05) is 0 Å². The van der Waals surface area contributed by atoms with Gasteiger partial charge in [-0.25, -0.2) is 0 Å². The van der Waals surface area contributed by atoms with Gasteiger partial charge in [-0.3, -0.25) is 4.79 Å². The highest BCUT2D eigenvalue weighted by molar-refractivity contribution is 8.17. The van der Waals surface area contributed by atoms with Crippen molar-refractivity contribution in [3.63, 3.8) is 0 Å². The monoisotopic (exact) mass is 217 g/mol. The van der Waals surface area contributed by atoms with Gasteiger partial charge in [0.2, 0.25) is 0 Å². The molecular formula is C9H13O4S+. The molecule has 78 valence electrons. The average molecular weight is 217 g/mol. The predicted molar refractivity (Wildman–Crippen MR) is 52.1 cm³/mol. The number of rotatable bonds is 1. The maximum absolute atomic E-state index is 11.3. The zero-order chi connectivity index (χ0) is 10.3. The molecule has 1 aliphatic carbocycles. The van der Waals surface area contributed by atoms with Crippen molar-refractivity contribution in [2.75, 3.05) is 14.2 Å². The molecule has 2 fully saturated rings. The first kappa shape index (κ1) is 9.83. The van der Waals surface area contributed by atoms with E-state index in [4.69, 9.17) is 9.47 Å². The van der Waals surface area contributed by atoms with E-state index in [1.165, 1.54) is 14.2 Å². The Morgan fingerprint density at radius 3 is 2.50 bits per heavy atom. The molecular weight excluding hydrogens is 204 g/mol. The lowest BCUT2D eigenvalue weighted by atomic mass is 10.1. The zero-order valence-corrected chi connectivity index (χ0v) is 9.00. The highest BCUT2D eigenvalue weighted by Gasteiger charge is 2.76. The predicted octanol–water partition coefficient (Wildman–Crippen LogP) is 0.705. The molecule has 0 aromatic rings. The van der Waals surface area contributed by atoms with Gasteiger partial charge in [-0.15, -0.1) is 0 Å². The van der Waals surface area contributed by atoms with Crippen LogP contribution in [0.1, 0.15) is 12.8 Å². The van der Waals surface area contributed by atoms with Crippen LogP contribution in [0.2, 0.25) is 0 Å². The summed E-state index contributed by atoms with van der Waals surface area (Å²) in [7, 11) is 2.48. The van der Waals surface area contributed by atoms with Crippen molar-refractivity contribution in [3.8, 4) is 0 Å². The van der Waals surface area contributed by atoms with Crippen LogP contribution >= 0.6 is 0 Å². The summed E-state index contributed by atoms with van der Waals surface area (Å²) in [5.74, 6) is -0.233. The smallest absolute Gasteiger partial charge is 0.469 e. The number of ether oxygens (including phenoxy) is 2. The molecule has 0 bridgehead atoms. The van der Waals surface area contributed by atoms with Crippen LogP contribution in [0.5, 0.6) is 0 Å². The van der Waals surface area contributed by atoms with Crippen LogP contribution in [-0.4, -0.2) is 36.0 Å². The summed E-state index contributed by atoms with van der Waals surface area (Å²) >= 11 is 0. The summed E-state index contributed by atoms with van der Waals surface area (Å²) in [4.78, 5) is 22.6. The van der Waals surface area contributed by atoms with Gasteiger partial charge in [0.05, 0.1) is 14.2 Å². The van der Waals surface area contributed by atoms with E-state index in [9.17, 15) is 9.59 Å². The first-order chi connectivity index (χ1) is 6.70. The number of carbonyl (C=O) groups excluding carboxylic acids is 2. The number of methoxy groups -OCH3 is 2. The Morgan fingerprint density at radius 1 is 1.21 bits per heavy atom. The fraction of sp³-hybridized carbons (Fsp3) is 0.778. The molecule has 0 N–H and O–H groups in total. The fourth-order valence-electron chi connectivity index (χ4n) is 2.24. The third kappa shape index (κ3) is 1.30. The van der Waals surface area contributed by atoms with Gasteiger partial charge in [0.1, 0.15) is 16.8 Å². The third-order valence-corrected chi connectivity index (χ3v) is 5.59. The van der Waals surface area contributed by atoms with Crippen LogP contribution in [-0.2, 0) is 25.2 Å². The lowest BCUT2D eigenvalue weighted by molar-refractivity contribution is -0.144. The highest BCUT2D eigenvalue weighted by Crippen LogP contribution is 2.52. The second-order valence-electron chi connectivity index (χ2n) is 3.54. The Labute approximate surface area is 85.3 Å². The van der Waals surface area contributed by atoms with E-state index < -0.39 is 0 Å². The van der Waals surface area contributed by atoms with Crippen LogP contribution in [0.25, 0.3) is 0 Å². The van der Waals surface area contributed by atoms with Crippen molar-refractivity contribution in [1.29, 1.82) is 0 Å². The van der Waals surface area contributed by atoms with Gasteiger partial charge in [-0.05, 0) is 6.42 Å². The Morgan fingerprint density at radius 2 is 1.93 bits per heavy atom. The van der Waals surface area contributed by atoms with E-state index in [-0.39, 0.29) is 33.3 Å². The number of hydrogen-bond donors (Lipinski definition) is 0. The summed E-state index contributed by atoms with van der Waals surface area (Å²) < 4.78 is 9.40. The highest BCUT2D eigenvalue weighted by atomic mass is 32.2. The fourth-order valence-corrected chi connectivity index (χ4v) is 4.93. The molecule has 4 unspecified atom stereocenters. The summed E-state index contributed by atoms with van der Waals surface area (Å²) in [6.07, 6.45) is 1.82. The quantitative estimate of drug-likeness (QED) is 0.368. The minimum Gasteiger partial charge on any atom is -0.469 e. The third-order valence-electron chi connectivity index (χ3n) is 2.93. The molecule has 0 radical (unpaired) electrons. The van der Waals surface area contributed by atoms with Gasteiger partial charge in [-0.2, -0.15) is 4.79 Å². The maximum atomic E-state index is 11.3. The largest absolute Gasteiger partial charge is 0.526 e. The van der Waals surface area contributed by atoms with Crippen molar-refractivity contribution in [2.45, 2.75) is 23.3 Å². The maximum Gasteiger partial charge on any atom is 0.526 e. The first-order valence-electron chi connectivity index (χ1n) is 4.58. The number of esters is 1. The molecule has 2 aliphatic rings. The van der Waals surface area contributed by atoms with E-state index in [0.717, 1.165) is 12.8 Å².